The minimum Gasteiger partial charge on any atom is -0.375 e. The van der Waals surface area contributed by atoms with Gasteiger partial charge in [0.05, 0.1) is 19.1 Å². The highest BCUT2D eigenvalue weighted by atomic mass is 16.5. The van der Waals surface area contributed by atoms with Crippen molar-refractivity contribution in [1.29, 1.82) is 0 Å². The molecule has 0 aromatic carbocycles. The molecule has 0 spiro atoms. The van der Waals surface area contributed by atoms with Gasteiger partial charge in [0.1, 0.15) is 0 Å². The largest absolute Gasteiger partial charge is 0.375 e. The van der Waals surface area contributed by atoms with Crippen molar-refractivity contribution in [3.05, 3.63) is 30.1 Å². The molecule has 2 rings (SSSR count). The van der Waals surface area contributed by atoms with Crippen molar-refractivity contribution in [3.8, 4) is 0 Å². The van der Waals surface area contributed by atoms with E-state index in [1.165, 1.54) is 0 Å². The highest BCUT2D eigenvalue weighted by molar-refractivity contribution is 5.76. The lowest BCUT2D eigenvalue weighted by Gasteiger charge is -2.27. The summed E-state index contributed by atoms with van der Waals surface area (Å²) in [6.07, 6.45) is 3.96. The Labute approximate surface area is 114 Å². The molecule has 1 fully saturated rings. The molecule has 5 nitrogen and oxygen atoms in total. The molecule has 0 radical (unpaired) electrons. The number of pyridine rings is 1. The van der Waals surface area contributed by atoms with E-state index in [0.29, 0.717) is 26.1 Å². The number of nitrogens with zero attached hydrogens (tertiary/aromatic N) is 2. The molecule has 1 amide bonds. The Morgan fingerprint density at radius 2 is 2.32 bits per heavy atom. The summed E-state index contributed by atoms with van der Waals surface area (Å²) in [5.74, 6) is 0.146. The van der Waals surface area contributed by atoms with E-state index < -0.39 is 0 Å². The van der Waals surface area contributed by atoms with Crippen molar-refractivity contribution in [1.82, 2.24) is 15.2 Å². The second-order valence-corrected chi connectivity index (χ2v) is 4.66. The average molecular weight is 263 g/mol. The van der Waals surface area contributed by atoms with E-state index in [1.54, 1.807) is 12.4 Å². The average Bonchev–Trinajstić information content (AvgIpc) is 2.47. The molecule has 104 valence electrons. The molecule has 1 unspecified atom stereocenters. The number of morpholine rings is 1. The molecule has 1 N–H and O–H groups in total. The summed E-state index contributed by atoms with van der Waals surface area (Å²) in [4.78, 5) is 18.1. The molecule has 0 aliphatic carbocycles. The first-order chi connectivity index (χ1) is 9.29. The van der Waals surface area contributed by atoms with Crippen molar-refractivity contribution in [2.45, 2.75) is 26.0 Å². The summed E-state index contributed by atoms with van der Waals surface area (Å²) in [6, 6.07) is 3.88. The monoisotopic (exact) mass is 263 g/mol. The van der Waals surface area contributed by atoms with Crippen molar-refractivity contribution in [2.75, 3.05) is 26.2 Å². The van der Waals surface area contributed by atoms with Gasteiger partial charge in [0.25, 0.3) is 0 Å². The number of carbonyl (C=O) groups excluding carboxylic acids is 1. The standard InChI is InChI=1S/C14H21N3O2/c1-2-17(11-12-3-5-15-6-4-12)14(18)9-13-10-16-7-8-19-13/h3-6,13,16H,2,7-11H2,1H3. The van der Waals surface area contributed by atoms with E-state index in [4.69, 9.17) is 4.74 Å². The highest BCUT2D eigenvalue weighted by Crippen LogP contribution is 2.09. The predicted molar refractivity (Wildman–Crippen MR) is 72.6 cm³/mol. The van der Waals surface area contributed by atoms with Gasteiger partial charge in [-0.2, -0.15) is 0 Å². The van der Waals surface area contributed by atoms with Crippen LogP contribution in [0.25, 0.3) is 0 Å². The smallest absolute Gasteiger partial charge is 0.225 e. The fraction of sp³-hybridized carbons (Fsp3) is 0.571. The van der Waals surface area contributed by atoms with E-state index >= 15 is 0 Å². The highest BCUT2D eigenvalue weighted by Gasteiger charge is 2.20. The van der Waals surface area contributed by atoms with E-state index in [1.807, 2.05) is 24.0 Å². The van der Waals surface area contributed by atoms with Gasteiger partial charge in [-0.1, -0.05) is 0 Å². The Morgan fingerprint density at radius 3 is 2.95 bits per heavy atom. The van der Waals surface area contributed by atoms with Crippen molar-refractivity contribution in [3.63, 3.8) is 0 Å². The third-order valence-corrected chi connectivity index (χ3v) is 3.26. The van der Waals surface area contributed by atoms with Crippen molar-refractivity contribution in [2.24, 2.45) is 0 Å². The number of carbonyl (C=O) groups is 1. The van der Waals surface area contributed by atoms with Crippen LogP contribution >= 0.6 is 0 Å². The molecular formula is C14H21N3O2. The zero-order chi connectivity index (χ0) is 13.5. The Morgan fingerprint density at radius 1 is 1.53 bits per heavy atom. The van der Waals surface area contributed by atoms with Crippen LogP contribution in [0.1, 0.15) is 18.9 Å². The van der Waals surface area contributed by atoms with E-state index in [-0.39, 0.29) is 12.0 Å². The third-order valence-electron chi connectivity index (χ3n) is 3.26. The number of hydrogen-bond donors (Lipinski definition) is 1. The maximum absolute atomic E-state index is 12.2. The van der Waals surface area contributed by atoms with Crippen LogP contribution in [0, 0.1) is 0 Å². The minimum absolute atomic E-state index is 0.00717. The first-order valence-electron chi connectivity index (χ1n) is 6.78. The minimum atomic E-state index is 0.00717. The van der Waals surface area contributed by atoms with Gasteiger partial charge in [-0.15, -0.1) is 0 Å². The van der Waals surface area contributed by atoms with Crippen molar-refractivity contribution < 1.29 is 9.53 Å². The number of rotatable bonds is 5. The molecule has 0 bridgehead atoms. The SMILES string of the molecule is CCN(Cc1ccncc1)C(=O)CC1CNCCO1. The normalized spacial score (nSPS) is 19.1. The van der Waals surface area contributed by atoms with Gasteiger partial charge in [0, 0.05) is 38.6 Å². The van der Waals surface area contributed by atoms with Gasteiger partial charge < -0.3 is 15.0 Å². The van der Waals surface area contributed by atoms with Crippen LogP contribution in [0.3, 0.4) is 0 Å². The lowest BCUT2D eigenvalue weighted by Crippen LogP contribution is -2.42. The molecule has 1 aromatic heterocycles. The molecule has 19 heavy (non-hydrogen) atoms. The van der Waals surface area contributed by atoms with Gasteiger partial charge in [0.2, 0.25) is 5.91 Å². The molecule has 1 aliphatic rings. The molecule has 1 atom stereocenters. The molecule has 1 saturated heterocycles. The summed E-state index contributed by atoms with van der Waals surface area (Å²) in [7, 11) is 0. The lowest BCUT2D eigenvalue weighted by atomic mass is 10.2. The summed E-state index contributed by atoms with van der Waals surface area (Å²) in [5.41, 5.74) is 1.10. The van der Waals surface area contributed by atoms with Gasteiger partial charge >= 0.3 is 0 Å². The quantitative estimate of drug-likeness (QED) is 0.854. The molecule has 5 heteroatoms. The van der Waals surface area contributed by atoms with Gasteiger partial charge in [-0.05, 0) is 24.6 Å². The Balaban J connectivity index is 1.87. The predicted octanol–water partition coefficient (Wildman–Crippen LogP) is 0.809. The number of hydrogen-bond acceptors (Lipinski definition) is 4. The fourth-order valence-corrected chi connectivity index (χ4v) is 2.16. The third kappa shape index (κ3) is 4.29. The topological polar surface area (TPSA) is 54.5 Å². The summed E-state index contributed by atoms with van der Waals surface area (Å²) in [5, 5.41) is 3.24. The summed E-state index contributed by atoms with van der Waals surface area (Å²) < 4.78 is 5.57. The summed E-state index contributed by atoms with van der Waals surface area (Å²) in [6.45, 7) is 5.67. The van der Waals surface area contributed by atoms with Crippen LogP contribution < -0.4 is 5.32 Å². The Kier molecular flexibility index (Phi) is 5.30. The first kappa shape index (κ1) is 14.0. The number of nitrogens with one attached hydrogen (secondary N) is 1. The van der Waals surface area contributed by atoms with Crippen LogP contribution in [0.5, 0.6) is 0 Å². The first-order valence-corrected chi connectivity index (χ1v) is 6.78. The van der Waals surface area contributed by atoms with Crippen LogP contribution in [0.2, 0.25) is 0 Å². The van der Waals surface area contributed by atoms with Crippen LogP contribution in [-0.4, -0.2) is 48.1 Å². The summed E-state index contributed by atoms with van der Waals surface area (Å²) >= 11 is 0. The van der Waals surface area contributed by atoms with Gasteiger partial charge in [0.15, 0.2) is 0 Å². The van der Waals surface area contributed by atoms with E-state index in [2.05, 4.69) is 10.3 Å². The maximum atomic E-state index is 12.2. The number of ether oxygens (including phenoxy) is 1. The second-order valence-electron chi connectivity index (χ2n) is 4.66. The lowest BCUT2D eigenvalue weighted by molar-refractivity contribution is -0.135. The zero-order valence-corrected chi connectivity index (χ0v) is 11.3. The molecular weight excluding hydrogens is 242 g/mol. The van der Waals surface area contributed by atoms with Crippen molar-refractivity contribution >= 4 is 5.91 Å². The molecule has 1 aromatic rings. The van der Waals surface area contributed by atoms with Gasteiger partial charge in [-0.3, -0.25) is 9.78 Å². The van der Waals surface area contributed by atoms with E-state index in [0.717, 1.165) is 18.7 Å². The van der Waals surface area contributed by atoms with Gasteiger partial charge in [-0.25, -0.2) is 0 Å². The zero-order valence-electron chi connectivity index (χ0n) is 11.3. The molecule has 2 heterocycles. The van der Waals surface area contributed by atoms with E-state index in [9.17, 15) is 4.79 Å². The Bertz CT molecular complexity index is 391. The van der Waals surface area contributed by atoms with Crippen LogP contribution in [-0.2, 0) is 16.1 Å². The molecule has 1 aliphatic heterocycles. The van der Waals surface area contributed by atoms with Crippen LogP contribution in [0.4, 0.5) is 0 Å². The Hall–Kier alpha value is -1.46. The fourth-order valence-electron chi connectivity index (χ4n) is 2.16. The second kappa shape index (κ2) is 7.21. The van der Waals surface area contributed by atoms with Crippen LogP contribution in [0.15, 0.2) is 24.5 Å². The maximum Gasteiger partial charge on any atom is 0.225 e. The number of aromatic nitrogens is 1. The molecule has 0 saturated carbocycles. The number of amides is 1.